The average Bonchev–Trinajstić information content (AvgIpc) is 3.00. The fourth-order valence-electron chi connectivity index (χ4n) is 3.45. The molecule has 2 fully saturated rings. The lowest BCUT2D eigenvalue weighted by Crippen LogP contribution is -2.45. The first-order chi connectivity index (χ1) is 12.0. The number of anilines is 1. The van der Waals surface area contributed by atoms with Crippen molar-refractivity contribution in [3.05, 3.63) is 29.8 Å². The fourth-order valence-corrected chi connectivity index (χ4v) is 3.45. The predicted molar refractivity (Wildman–Crippen MR) is 100 cm³/mol. The Hall–Kier alpha value is -1.79. The van der Waals surface area contributed by atoms with E-state index in [2.05, 4.69) is 51.7 Å². The highest BCUT2D eigenvalue weighted by Gasteiger charge is 2.26. The van der Waals surface area contributed by atoms with E-state index >= 15 is 0 Å². The standard InChI is InChI=1S/C19H30N4O2/c1-14(20-19(24)21-18-8-13-25-15(18)2)16-4-6-17(7-5-16)23-11-9-22(3)10-12-23/h4-7,14-15,18H,8-13H2,1-3H3,(H2,20,21,24). The maximum atomic E-state index is 12.2. The van der Waals surface area contributed by atoms with Crippen LogP contribution in [-0.2, 0) is 4.74 Å². The largest absolute Gasteiger partial charge is 0.376 e. The van der Waals surface area contributed by atoms with Gasteiger partial charge >= 0.3 is 6.03 Å². The summed E-state index contributed by atoms with van der Waals surface area (Å²) < 4.78 is 5.48. The number of likely N-dealkylation sites (N-methyl/N-ethyl adjacent to an activating group) is 1. The van der Waals surface area contributed by atoms with Crippen molar-refractivity contribution in [2.45, 2.75) is 38.5 Å². The number of nitrogens with zero attached hydrogens (tertiary/aromatic N) is 2. The van der Waals surface area contributed by atoms with Crippen LogP contribution < -0.4 is 15.5 Å². The molecular weight excluding hydrogens is 316 g/mol. The van der Waals surface area contributed by atoms with Crippen LogP contribution in [0.4, 0.5) is 10.5 Å². The van der Waals surface area contributed by atoms with Gasteiger partial charge in [-0.05, 0) is 45.0 Å². The lowest BCUT2D eigenvalue weighted by Gasteiger charge is -2.34. The Morgan fingerprint density at radius 1 is 1.20 bits per heavy atom. The van der Waals surface area contributed by atoms with Gasteiger partial charge < -0.3 is 25.2 Å². The first-order valence-electron chi connectivity index (χ1n) is 9.25. The number of piperazine rings is 1. The van der Waals surface area contributed by atoms with Crippen molar-refractivity contribution < 1.29 is 9.53 Å². The lowest BCUT2D eigenvalue weighted by atomic mass is 10.1. The smallest absolute Gasteiger partial charge is 0.315 e. The summed E-state index contributed by atoms with van der Waals surface area (Å²) in [4.78, 5) is 16.9. The minimum Gasteiger partial charge on any atom is -0.376 e. The molecule has 2 heterocycles. The molecule has 3 rings (SSSR count). The van der Waals surface area contributed by atoms with Gasteiger partial charge in [0.1, 0.15) is 0 Å². The molecule has 2 aliphatic heterocycles. The Morgan fingerprint density at radius 3 is 2.48 bits per heavy atom. The molecule has 1 aromatic carbocycles. The molecule has 2 aliphatic rings. The molecular formula is C19H30N4O2. The maximum Gasteiger partial charge on any atom is 0.315 e. The van der Waals surface area contributed by atoms with Crippen molar-refractivity contribution >= 4 is 11.7 Å². The summed E-state index contributed by atoms with van der Waals surface area (Å²) in [5, 5.41) is 6.03. The summed E-state index contributed by atoms with van der Waals surface area (Å²) in [6.45, 7) is 9.06. The summed E-state index contributed by atoms with van der Waals surface area (Å²) in [6.07, 6.45) is 0.965. The van der Waals surface area contributed by atoms with Crippen molar-refractivity contribution in [1.29, 1.82) is 0 Å². The van der Waals surface area contributed by atoms with E-state index in [0.29, 0.717) is 0 Å². The van der Waals surface area contributed by atoms with Crippen molar-refractivity contribution in [2.75, 3.05) is 44.7 Å². The summed E-state index contributed by atoms with van der Waals surface area (Å²) in [6, 6.07) is 8.48. The molecule has 0 aromatic heterocycles. The van der Waals surface area contributed by atoms with Crippen molar-refractivity contribution in [1.82, 2.24) is 15.5 Å². The van der Waals surface area contributed by atoms with Gasteiger partial charge in [-0.2, -0.15) is 0 Å². The van der Waals surface area contributed by atoms with Gasteiger partial charge in [0.15, 0.2) is 0 Å². The lowest BCUT2D eigenvalue weighted by molar-refractivity contribution is 0.114. The van der Waals surface area contributed by atoms with Gasteiger partial charge in [-0.1, -0.05) is 12.1 Å². The molecule has 6 heteroatoms. The monoisotopic (exact) mass is 346 g/mol. The van der Waals surface area contributed by atoms with Gasteiger partial charge in [0, 0.05) is 38.5 Å². The molecule has 0 aliphatic carbocycles. The molecule has 2 saturated heterocycles. The SMILES string of the molecule is CC(NC(=O)NC1CCOC1C)c1ccc(N2CCN(C)CC2)cc1. The second kappa shape index (κ2) is 8.06. The number of nitrogens with one attached hydrogen (secondary N) is 2. The maximum absolute atomic E-state index is 12.2. The van der Waals surface area contributed by atoms with Gasteiger partial charge in [-0.15, -0.1) is 0 Å². The normalized spacial score (nSPS) is 25.6. The minimum atomic E-state index is -0.127. The quantitative estimate of drug-likeness (QED) is 0.875. The van der Waals surface area contributed by atoms with Crippen LogP contribution in [0.2, 0.25) is 0 Å². The zero-order valence-electron chi connectivity index (χ0n) is 15.5. The highest BCUT2D eigenvalue weighted by molar-refractivity contribution is 5.74. The first-order valence-corrected chi connectivity index (χ1v) is 9.25. The van der Waals surface area contributed by atoms with Gasteiger partial charge in [-0.25, -0.2) is 4.79 Å². The highest BCUT2D eigenvalue weighted by atomic mass is 16.5. The number of hydrogen-bond donors (Lipinski definition) is 2. The fraction of sp³-hybridized carbons (Fsp3) is 0.632. The van der Waals surface area contributed by atoms with E-state index in [9.17, 15) is 4.79 Å². The van der Waals surface area contributed by atoms with E-state index in [-0.39, 0.29) is 24.2 Å². The van der Waals surface area contributed by atoms with E-state index < -0.39 is 0 Å². The zero-order valence-corrected chi connectivity index (χ0v) is 15.5. The summed E-state index contributed by atoms with van der Waals surface area (Å²) in [7, 11) is 2.16. The van der Waals surface area contributed by atoms with Crippen LogP contribution >= 0.6 is 0 Å². The van der Waals surface area contributed by atoms with Crippen molar-refractivity contribution in [3.8, 4) is 0 Å². The van der Waals surface area contributed by atoms with Crippen molar-refractivity contribution in [2.24, 2.45) is 0 Å². The number of carbonyl (C=O) groups is 1. The molecule has 0 radical (unpaired) electrons. The third kappa shape index (κ3) is 4.64. The molecule has 25 heavy (non-hydrogen) atoms. The topological polar surface area (TPSA) is 56.8 Å². The zero-order chi connectivity index (χ0) is 17.8. The number of hydrogen-bond acceptors (Lipinski definition) is 4. The average molecular weight is 346 g/mol. The number of amides is 2. The van der Waals surface area contributed by atoms with Crippen LogP contribution in [0.25, 0.3) is 0 Å². The minimum absolute atomic E-state index is 0.0285. The number of rotatable bonds is 4. The van der Waals surface area contributed by atoms with E-state index in [4.69, 9.17) is 4.74 Å². The molecule has 2 N–H and O–H groups in total. The molecule has 0 bridgehead atoms. The molecule has 6 nitrogen and oxygen atoms in total. The van der Waals surface area contributed by atoms with Crippen LogP contribution in [0.5, 0.6) is 0 Å². The van der Waals surface area contributed by atoms with E-state index in [1.54, 1.807) is 0 Å². The Kier molecular flexibility index (Phi) is 5.81. The van der Waals surface area contributed by atoms with E-state index in [1.807, 2.05) is 13.8 Å². The van der Waals surface area contributed by atoms with E-state index in [0.717, 1.165) is 44.8 Å². The Bertz CT molecular complexity index is 569. The molecule has 138 valence electrons. The summed E-state index contributed by atoms with van der Waals surface area (Å²) >= 11 is 0. The van der Waals surface area contributed by atoms with Gasteiger partial charge in [0.25, 0.3) is 0 Å². The van der Waals surface area contributed by atoms with Crippen LogP contribution in [-0.4, -0.2) is 62.9 Å². The molecule has 3 atom stereocenters. The number of ether oxygens (including phenoxy) is 1. The van der Waals surface area contributed by atoms with Crippen LogP contribution in [0.1, 0.15) is 31.9 Å². The number of benzene rings is 1. The molecule has 0 spiro atoms. The molecule has 2 amide bonds. The van der Waals surface area contributed by atoms with Gasteiger partial charge in [0.05, 0.1) is 18.2 Å². The predicted octanol–water partition coefficient (Wildman–Crippen LogP) is 1.98. The summed E-state index contributed by atoms with van der Waals surface area (Å²) in [5.74, 6) is 0. The van der Waals surface area contributed by atoms with Crippen LogP contribution in [0.3, 0.4) is 0 Å². The molecule has 1 aromatic rings. The third-order valence-corrected chi connectivity index (χ3v) is 5.30. The Balaban J connectivity index is 1.51. The molecule has 3 unspecified atom stereocenters. The second-order valence-corrected chi connectivity index (χ2v) is 7.19. The summed E-state index contributed by atoms with van der Waals surface area (Å²) in [5.41, 5.74) is 2.37. The number of urea groups is 1. The Labute approximate surface area is 150 Å². The first kappa shape index (κ1) is 18.0. The molecule has 0 saturated carbocycles. The second-order valence-electron chi connectivity index (χ2n) is 7.19. The van der Waals surface area contributed by atoms with Crippen LogP contribution in [0, 0.1) is 0 Å². The van der Waals surface area contributed by atoms with Gasteiger partial charge in [0.2, 0.25) is 0 Å². The third-order valence-electron chi connectivity index (χ3n) is 5.30. The van der Waals surface area contributed by atoms with E-state index in [1.165, 1.54) is 5.69 Å². The van der Waals surface area contributed by atoms with Crippen molar-refractivity contribution in [3.63, 3.8) is 0 Å². The van der Waals surface area contributed by atoms with Gasteiger partial charge in [-0.3, -0.25) is 0 Å². The number of carbonyl (C=O) groups excluding carboxylic acids is 1. The highest BCUT2D eigenvalue weighted by Crippen LogP contribution is 2.20. The Morgan fingerprint density at radius 2 is 1.88 bits per heavy atom. The van der Waals surface area contributed by atoms with Crippen LogP contribution in [0.15, 0.2) is 24.3 Å².